The minimum Gasteiger partial charge on any atom is -0.479 e. The number of allylic oxidation sites excluding steroid dienone is 4. The van der Waals surface area contributed by atoms with Gasteiger partial charge in [0.25, 0.3) is 0 Å². The molecule has 0 aromatic carbocycles. The Kier molecular flexibility index (Phi) is 34.0. The van der Waals surface area contributed by atoms with Gasteiger partial charge < -0.3 is 39.4 Å². The number of aliphatic hydroxyl groups excluding tert-OH is 3. The summed E-state index contributed by atoms with van der Waals surface area (Å²) in [5.74, 6) is -2.46. The van der Waals surface area contributed by atoms with Crippen LogP contribution in [0.1, 0.15) is 200 Å². The van der Waals surface area contributed by atoms with Crippen molar-refractivity contribution in [2.24, 2.45) is 0 Å². The lowest BCUT2D eigenvalue weighted by molar-refractivity contribution is -0.298. The third-order valence-electron chi connectivity index (χ3n) is 10.5. The molecule has 1 aliphatic rings. The molecule has 0 aliphatic carbocycles. The molecule has 0 radical (unpaired) electrons. The van der Waals surface area contributed by atoms with Crippen LogP contribution in [0.3, 0.4) is 0 Å². The van der Waals surface area contributed by atoms with Gasteiger partial charge in [-0.1, -0.05) is 147 Å². The van der Waals surface area contributed by atoms with Crippen molar-refractivity contribution in [1.82, 2.24) is 0 Å². The highest BCUT2D eigenvalue weighted by atomic mass is 16.7. The van der Waals surface area contributed by atoms with Gasteiger partial charge in [-0.05, 0) is 64.2 Å². The van der Waals surface area contributed by atoms with Crippen molar-refractivity contribution in [2.45, 2.75) is 237 Å². The predicted molar refractivity (Wildman–Crippen MR) is 225 cm³/mol. The van der Waals surface area contributed by atoms with E-state index in [2.05, 4.69) is 38.2 Å². The van der Waals surface area contributed by atoms with Gasteiger partial charge in [0.2, 0.25) is 0 Å². The average Bonchev–Trinajstić information content (AvgIpc) is 3.19. The van der Waals surface area contributed by atoms with Crippen molar-refractivity contribution in [3.8, 4) is 0 Å². The smallest absolute Gasteiger partial charge is 0.335 e. The fourth-order valence-corrected chi connectivity index (χ4v) is 6.87. The van der Waals surface area contributed by atoms with Crippen LogP contribution in [-0.4, -0.2) is 88.4 Å². The SMILES string of the molecule is CCCCCC/C=C\CCCCCCCC(=O)OC(COC(=O)CCCCCCCCC/C=C\CCCCCCCCC)COC1OC(C(=O)O)C(O)C(O)C1O. The monoisotopic (exact) mass is 811 g/mol. The van der Waals surface area contributed by atoms with Crippen molar-refractivity contribution in [3.63, 3.8) is 0 Å². The molecule has 11 heteroatoms. The topological polar surface area (TPSA) is 169 Å². The predicted octanol–water partition coefficient (Wildman–Crippen LogP) is 9.82. The van der Waals surface area contributed by atoms with Gasteiger partial charge in [0.15, 0.2) is 18.5 Å². The number of carboxylic acid groups (broad SMARTS) is 1. The minimum absolute atomic E-state index is 0.173. The minimum atomic E-state index is -1.86. The number of hydrogen-bond acceptors (Lipinski definition) is 10. The normalized spacial score (nSPS) is 20.3. The van der Waals surface area contributed by atoms with Crippen LogP contribution < -0.4 is 0 Å². The van der Waals surface area contributed by atoms with Crippen molar-refractivity contribution >= 4 is 17.9 Å². The summed E-state index contributed by atoms with van der Waals surface area (Å²) in [6, 6.07) is 0. The van der Waals surface area contributed by atoms with E-state index in [1.165, 1.54) is 96.3 Å². The number of unbranched alkanes of at least 4 members (excludes halogenated alkanes) is 23. The van der Waals surface area contributed by atoms with Gasteiger partial charge in [-0.25, -0.2) is 4.79 Å². The number of rotatable bonds is 38. The van der Waals surface area contributed by atoms with Crippen LogP contribution >= 0.6 is 0 Å². The Labute approximate surface area is 345 Å². The highest BCUT2D eigenvalue weighted by molar-refractivity contribution is 5.73. The summed E-state index contributed by atoms with van der Waals surface area (Å²) in [6.45, 7) is 3.79. The summed E-state index contributed by atoms with van der Waals surface area (Å²) >= 11 is 0. The first-order chi connectivity index (χ1) is 27.7. The lowest BCUT2D eigenvalue weighted by Crippen LogP contribution is -2.60. The quantitative estimate of drug-likeness (QED) is 0.0266. The first kappa shape index (κ1) is 52.7. The van der Waals surface area contributed by atoms with Crippen LogP contribution in [0.2, 0.25) is 0 Å². The molecule has 0 saturated carbocycles. The van der Waals surface area contributed by atoms with Gasteiger partial charge in [-0.3, -0.25) is 9.59 Å². The Morgan fingerprint density at radius 2 is 0.930 bits per heavy atom. The zero-order valence-corrected chi connectivity index (χ0v) is 35.8. The van der Waals surface area contributed by atoms with E-state index in [4.69, 9.17) is 18.9 Å². The molecule has 0 aromatic heterocycles. The van der Waals surface area contributed by atoms with Crippen LogP contribution in [0.15, 0.2) is 24.3 Å². The maximum Gasteiger partial charge on any atom is 0.335 e. The zero-order chi connectivity index (χ0) is 41.8. The van der Waals surface area contributed by atoms with Gasteiger partial charge in [-0.2, -0.15) is 0 Å². The lowest BCUT2D eigenvalue weighted by Gasteiger charge is -2.38. The van der Waals surface area contributed by atoms with Gasteiger partial charge in [-0.15, -0.1) is 0 Å². The van der Waals surface area contributed by atoms with Crippen LogP contribution in [0.4, 0.5) is 0 Å². The number of carbonyl (C=O) groups excluding carboxylic acids is 2. The Morgan fingerprint density at radius 1 is 0.526 bits per heavy atom. The Morgan fingerprint density at radius 3 is 1.39 bits per heavy atom. The van der Waals surface area contributed by atoms with Crippen molar-refractivity contribution in [1.29, 1.82) is 0 Å². The summed E-state index contributed by atoms with van der Waals surface area (Å²) in [5.41, 5.74) is 0. The Balaban J connectivity index is 2.35. The molecule has 1 rings (SSSR count). The molecule has 1 fully saturated rings. The number of aliphatic hydroxyl groups is 3. The third-order valence-corrected chi connectivity index (χ3v) is 10.5. The van der Waals surface area contributed by atoms with Gasteiger partial charge >= 0.3 is 17.9 Å². The van der Waals surface area contributed by atoms with E-state index in [1.807, 2.05) is 0 Å². The van der Waals surface area contributed by atoms with E-state index >= 15 is 0 Å². The first-order valence-corrected chi connectivity index (χ1v) is 22.9. The standard InChI is InChI=1S/C46H82O11/c1-3-5-7-9-11-13-15-17-18-19-20-21-23-24-26-28-30-32-34-39(47)54-36-38(37-55-46-43(51)41(49)42(50)44(57-46)45(52)53)56-40(48)35-33-31-29-27-25-22-16-14-12-10-8-6-4-2/h14,16,18-19,38,41-44,46,49-51H,3-13,15,17,20-37H2,1-2H3,(H,52,53)/b16-14-,19-18-. The van der Waals surface area contributed by atoms with Gasteiger partial charge in [0.05, 0.1) is 6.61 Å². The number of hydrogen-bond donors (Lipinski definition) is 4. The molecule has 57 heavy (non-hydrogen) atoms. The number of ether oxygens (including phenoxy) is 4. The fraction of sp³-hybridized carbons (Fsp3) is 0.848. The Hall–Kier alpha value is -2.31. The fourth-order valence-electron chi connectivity index (χ4n) is 6.87. The van der Waals surface area contributed by atoms with E-state index in [9.17, 15) is 34.8 Å². The number of carbonyl (C=O) groups is 3. The molecule has 332 valence electrons. The number of aliphatic carboxylic acids is 1. The highest BCUT2D eigenvalue weighted by Crippen LogP contribution is 2.23. The molecule has 6 atom stereocenters. The molecule has 11 nitrogen and oxygen atoms in total. The first-order valence-electron chi connectivity index (χ1n) is 22.9. The molecular formula is C46H82O11. The van der Waals surface area contributed by atoms with Crippen molar-refractivity contribution in [2.75, 3.05) is 13.2 Å². The molecule has 1 saturated heterocycles. The summed E-state index contributed by atoms with van der Waals surface area (Å²) in [5, 5.41) is 39.8. The van der Waals surface area contributed by atoms with E-state index < -0.39 is 61.3 Å². The van der Waals surface area contributed by atoms with Crippen LogP contribution in [0.5, 0.6) is 0 Å². The molecule has 0 amide bonds. The van der Waals surface area contributed by atoms with E-state index in [1.54, 1.807) is 0 Å². The number of carboxylic acids is 1. The molecule has 4 N–H and O–H groups in total. The molecule has 1 aliphatic heterocycles. The molecule has 1 heterocycles. The molecule has 6 unspecified atom stereocenters. The van der Waals surface area contributed by atoms with Crippen LogP contribution in [0, 0.1) is 0 Å². The maximum absolute atomic E-state index is 12.7. The van der Waals surface area contributed by atoms with Crippen LogP contribution in [-0.2, 0) is 33.3 Å². The van der Waals surface area contributed by atoms with E-state index in [0.717, 1.165) is 64.2 Å². The van der Waals surface area contributed by atoms with Gasteiger partial charge in [0, 0.05) is 12.8 Å². The lowest BCUT2D eigenvalue weighted by atomic mass is 9.99. The summed E-state index contributed by atoms with van der Waals surface area (Å²) in [7, 11) is 0. The maximum atomic E-state index is 12.7. The van der Waals surface area contributed by atoms with Crippen molar-refractivity contribution in [3.05, 3.63) is 24.3 Å². The summed E-state index contributed by atoms with van der Waals surface area (Å²) < 4.78 is 21.7. The Bertz CT molecular complexity index is 1050. The largest absolute Gasteiger partial charge is 0.479 e. The molecule has 0 aromatic rings. The summed E-state index contributed by atoms with van der Waals surface area (Å²) in [4.78, 5) is 36.8. The molecule has 0 spiro atoms. The molecule has 0 bridgehead atoms. The number of esters is 2. The highest BCUT2D eigenvalue weighted by Gasteiger charge is 2.47. The summed E-state index contributed by atoms with van der Waals surface area (Å²) in [6.07, 6.45) is 30.9. The average molecular weight is 811 g/mol. The molecular weight excluding hydrogens is 728 g/mol. The van der Waals surface area contributed by atoms with Crippen LogP contribution in [0.25, 0.3) is 0 Å². The second-order valence-corrected chi connectivity index (χ2v) is 15.9. The van der Waals surface area contributed by atoms with E-state index in [0.29, 0.717) is 12.8 Å². The third kappa shape index (κ3) is 28.7. The second-order valence-electron chi connectivity index (χ2n) is 15.9. The van der Waals surface area contributed by atoms with Crippen molar-refractivity contribution < 1.29 is 53.8 Å². The van der Waals surface area contributed by atoms with E-state index in [-0.39, 0.29) is 19.4 Å². The van der Waals surface area contributed by atoms with Gasteiger partial charge in [0.1, 0.15) is 24.9 Å². The zero-order valence-electron chi connectivity index (χ0n) is 35.8. The second kappa shape index (κ2) is 36.7.